The van der Waals surface area contributed by atoms with Crippen molar-refractivity contribution in [2.75, 3.05) is 25.5 Å². The van der Waals surface area contributed by atoms with Crippen LogP contribution in [0.15, 0.2) is 59.3 Å². The van der Waals surface area contributed by atoms with Gasteiger partial charge in [-0.15, -0.1) is 11.3 Å². The average Bonchev–Trinajstić information content (AvgIpc) is 3.39. The number of aromatic nitrogens is 1. The lowest BCUT2D eigenvalue weighted by Crippen LogP contribution is -2.39. The molecule has 7 nitrogen and oxygen atoms in total. The number of likely N-dealkylation sites (tertiary alicyclic amines) is 1. The largest absolute Gasteiger partial charge is 0.368 e. The van der Waals surface area contributed by atoms with Gasteiger partial charge in [0.05, 0.1) is 10.6 Å². The highest BCUT2D eigenvalue weighted by molar-refractivity contribution is 7.90. The summed E-state index contributed by atoms with van der Waals surface area (Å²) in [6, 6.07) is 12.7. The molecule has 1 N–H and O–H groups in total. The highest BCUT2D eigenvalue weighted by Crippen LogP contribution is 2.47. The molecule has 2 aliphatic rings. The molecular formula is C21H20N4O3S2. The molecule has 9 heteroatoms. The number of benzene rings is 1. The Bertz CT molecular complexity index is 1280. The molecule has 154 valence electrons. The molecule has 0 spiro atoms. The molecular weight excluding hydrogens is 420 g/mol. The van der Waals surface area contributed by atoms with Gasteiger partial charge < -0.3 is 10.2 Å². The second-order valence-electron chi connectivity index (χ2n) is 7.29. The number of pyridine rings is 1. The minimum absolute atomic E-state index is 0.140. The van der Waals surface area contributed by atoms with Gasteiger partial charge in [-0.1, -0.05) is 24.3 Å². The molecule has 1 aromatic carbocycles. The SMILES string of the molecule is CN1C(C(=O)Nc2ccccn2)=C(N2CCCC2)c2sc3ccccc3c2S1(=O)=O. The summed E-state index contributed by atoms with van der Waals surface area (Å²) in [4.78, 5) is 20.5. The first-order valence-electron chi connectivity index (χ1n) is 9.71. The van der Waals surface area contributed by atoms with Gasteiger partial charge in [0, 0.05) is 36.4 Å². The van der Waals surface area contributed by atoms with Gasteiger partial charge in [0.2, 0.25) is 0 Å². The van der Waals surface area contributed by atoms with Gasteiger partial charge in [0.15, 0.2) is 0 Å². The van der Waals surface area contributed by atoms with Crippen LogP contribution in [0.1, 0.15) is 17.7 Å². The van der Waals surface area contributed by atoms with E-state index in [0.29, 0.717) is 26.7 Å². The van der Waals surface area contributed by atoms with Crippen LogP contribution < -0.4 is 5.32 Å². The van der Waals surface area contributed by atoms with Gasteiger partial charge in [0.1, 0.15) is 16.4 Å². The van der Waals surface area contributed by atoms with Crippen molar-refractivity contribution in [3.05, 3.63) is 59.2 Å². The van der Waals surface area contributed by atoms with E-state index in [2.05, 4.69) is 15.2 Å². The van der Waals surface area contributed by atoms with Gasteiger partial charge in [-0.3, -0.25) is 9.10 Å². The summed E-state index contributed by atoms with van der Waals surface area (Å²) in [6.45, 7) is 1.58. The Morgan fingerprint density at radius 3 is 2.57 bits per heavy atom. The van der Waals surface area contributed by atoms with Crippen molar-refractivity contribution in [3.63, 3.8) is 0 Å². The second-order valence-corrected chi connectivity index (χ2v) is 10.2. The molecule has 3 aromatic rings. The van der Waals surface area contributed by atoms with Crippen LogP contribution in [0.3, 0.4) is 0 Å². The summed E-state index contributed by atoms with van der Waals surface area (Å²) in [5.74, 6) is -0.103. The zero-order valence-corrected chi connectivity index (χ0v) is 18.0. The number of nitrogens with zero attached hydrogens (tertiary/aromatic N) is 3. The lowest BCUT2D eigenvalue weighted by atomic mass is 10.2. The third-order valence-corrected chi connectivity index (χ3v) is 8.62. The number of carbonyl (C=O) groups excluding carboxylic acids is 1. The number of hydrogen-bond acceptors (Lipinski definition) is 6. The first-order chi connectivity index (χ1) is 14.5. The van der Waals surface area contributed by atoms with Crippen molar-refractivity contribution < 1.29 is 13.2 Å². The Labute approximate surface area is 178 Å². The number of likely N-dealkylation sites (N-methyl/N-ethyl adjacent to an activating group) is 1. The van der Waals surface area contributed by atoms with Gasteiger partial charge in [-0.2, -0.15) is 0 Å². The van der Waals surface area contributed by atoms with Crippen LogP contribution in [-0.2, 0) is 14.8 Å². The molecule has 1 saturated heterocycles. The Hall–Kier alpha value is -2.91. The van der Waals surface area contributed by atoms with E-state index in [1.165, 1.54) is 18.4 Å². The molecule has 0 bridgehead atoms. The average molecular weight is 441 g/mol. The molecule has 4 heterocycles. The van der Waals surface area contributed by atoms with Crippen molar-refractivity contribution in [3.8, 4) is 0 Å². The minimum Gasteiger partial charge on any atom is -0.368 e. The van der Waals surface area contributed by atoms with E-state index in [9.17, 15) is 13.2 Å². The molecule has 0 atom stereocenters. The van der Waals surface area contributed by atoms with E-state index in [4.69, 9.17) is 0 Å². The maximum absolute atomic E-state index is 13.5. The zero-order valence-electron chi connectivity index (χ0n) is 16.3. The monoisotopic (exact) mass is 440 g/mol. The fraction of sp³-hybridized carbons (Fsp3) is 0.238. The molecule has 2 aromatic heterocycles. The van der Waals surface area contributed by atoms with Crippen molar-refractivity contribution in [1.29, 1.82) is 0 Å². The van der Waals surface area contributed by atoms with Crippen molar-refractivity contribution in [1.82, 2.24) is 14.2 Å². The van der Waals surface area contributed by atoms with Crippen molar-refractivity contribution >= 4 is 48.9 Å². The Morgan fingerprint density at radius 1 is 1.10 bits per heavy atom. The summed E-state index contributed by atoms with van der Waals surface area (Å²) >= 11 is 1.43. The second kappa shape index (κ2) is 7.10. The van der Waals surface area contributed by atoms with Crippen LogP contribution >= 0.6 is 11.3 Å². The van der Waals surface area contributed by atoms with E-state index in [-0.39, 0.29) is 5.70 Å². The fourth-order valence-electron chi connectivity index (χ4n) is 4.04. The number of sulfonamides is 1. The smallest absolute Gasteiger partial charge is 0.276 e. The number of thiophene rings is 1. The molecule has 0 radical (unpaired) electrons. The van der Waals surface area contributed by atoms with Crippen LogP contribution in [0.4, 0.5) is 5.82 Å². The minimum atomic E-state index is -3.87. The van der Waals surface area contributed by atoms with Gasteiger partial charge in [-0.25, -0.2) is 13.4 Å². The molecule has 0 unspecified atom stereocenters. The lowest BCUT2D eigenvalue weighted by Gasteiger charge is -2.33. The summed E-state index contributed by atoms with van der Waals surface area (Å²) in [5, 5.41) is 3.46. The number of rotatable bonds is 3. The maximum Gasteiger partial charge on any atom is 0.276 e. The Balaban J connectivity index is 1.75. The van der Waals surface area contributed by atoms with Crippen LogP contribution in [-0.4, -0.2) is 48.7 Å². The third-order valence-electron chi connectivity index (χ3n) is 5.47. The number of fused-ring (bicyclic) bond motifs is 3. The van der Waals surface area contributed by atoms with Crippen molar-refractivity contribution in [2.24, 2.45) is 0 Å². The Kier molecular flexibility index (Phi) is 4.52. The standard InChI is InChI=1S/C21H20N4O3S2/c1-24-18(21(26)23-16-10-4-5-11-22-16)17(25-12-6-7-13-25)19-20(30(24,27)28)14-8-2-3-9-15(14)29-19/h2-5,8-11H,6-7,12-13H2,1H3,(H,22,23,26). The molecule has 5 rings (SSSR count). The molecule has 2 aliphatic heterocycles. The summed E-state index contributed by atoms with van der Waals surface area (Å²) in [6.07, 6.45) is 3.60. The van der Waals surface area contributed by atoms with Gasteiger partial charge in [-0.05, 0) is 31.0 Å². The summed E-state index contributed by atoms with van der Waals surface area (Å²) < 4.78 is 29.0. The predicted octanol–water partition coefficient (Wildman–Crippen LogP) is 3.33. The fourth-order valence-corrected chi connectivity index (χ4v) is 7.19. The number of nitrogens with one attached hydrogen (secondary N) is 1. The number of anilines is 1. The van der Waals surface area contributed by atoms with Gasteiger partial charge in [0.25, 0.3) is 15.9 Å². The topological polar surface area (TPSA) is 82.6 Å². The molecule has 30 heavy (non-hydrogen) atoms. The van der Waals surface area contributed by atoms with E-state index in [1.54, 1.807) is 24.4 Å². The van der Waals surface area contributed by atoms with E-state index in [0.717, 1.165) is 34.9 Å². The first kappa shape index (κ1) is 19.1. The normalized spacial score (nSPS) is 18.0. The maximum atomic E-state index is 13.5. The van der Waals surface area contributed by atoms with Crippen LogP contribution in [0.25, 0.3) is 15.8 Å². The van der Waals surface area contributed by atoms with Gasteiger partial charge >= 0.3 is 0 Å². The molecule has 0 saturated carbocycles. The van der Waals surface area contributed by atoms with Crippen LogP contribution in [0.2, 0.25) is 0 Å². The lowest BCUT2D eigenvalue weighted by molar-refractivity contribution is -0.113. The van der Waals surface area contributed by atoms with E-state index in [1.807, 2.05) is 24.3 Å². The highest BCUT2D eigenvalue weighted by atomic mass is 32.2. The molecule has 1 amide bonds. The summed E-state index contributed by atoms with van der Waals surface area (Å²) in [7, 11) is -2.42. The quantitative estimate of drug-likeness (QED) is 0.676. The van der Waals surface area contributed by atoms with Crippen LogP contribution in [0.5, 0.6) is 0 Å². The first-order valence-corrected chi connectivity index (χ1v) is 12.0. The predicted molar refractivity (Wildman–Crippen MR) is 117 cm³/mol. The number of carbonyl (C=O) groups is 1. The Morgan fingerprint density at radius 2 is 1.83 bits per heavy atom. The summed E-state index contributed by atoms with van der Waals surface area (Å²) in [5.41, 5.74) is 0.830. The number of hydrogen-bond donors (Lipinski definition) is 1. The van der Waals surface area contributed by atoms with E-state index < -0.39 is 15.9 Å². The number of amides is 1. The molecule has 1 fully saturated rings. The van der Waals surface area contributed by atoms with Crippen molar-refractivity contribution in [2.45, 2.75) is 17.7 Å². The highest BCUT2D eigenvalue weighted by Gasteiger charge is 2.42. The van der Waals surface area contributed by atoms with E-state index >= 15 is 0 Å². The zero-order chi connectivity index (χ0) is 20.9. The third kappa shape index (κ3) is 2.88. The molecule has 0 aliphatic carbocycles. The van der Waals surface area contributed by atoms with Crippen LogP contribution in [0, 0.1) is 0 Å².